The van der Waals surface area contributed by atoms with Gasteiger partial charge in [-0.05, 0) is 52.7 Å². The second-order valence-corrected chi connectivity index (χ2v) is 7.10. The van der Waals surface area contributed by atoms with Crippen LogP contribution in [0.2, 0.25) is 0 Å². The third-order valence-electron chi connectivity index (χ3n) is 3.82. The van der Waals surface area contributed by atoms with Gasteiger partial charge in [0.05, 0.1) is 6.54 Å². The quantitative estimate of drug-likeness (QED) is 0.876. The first-order valence-electron chi connectivity index (χ1n) is 7.40. The van der Waals surface area contributed by atoms with E-state index in [1.165, 1.54) is 0 Å². The Labute approximate surface area is 117 Å². The van der Waals surface area contributed by atoms with E-state index in [0.29, 0.717) is 6.04 Å². The highest BCUT2D eigenvalue weighted by Gasteiger charge is 2.37. The van der Waals surface area contributed by atoms with Crippen LogP contribution in [-0.4, -0.2) is 17.1 Å². The minimum Gasteiger partial charge on any atom is -0.465 e. The van der Waals surface area contributed by atoms with Gasteiger partial charge in [-0.25, -0.2) is 0 Å². The number of nitrogens with one attached hydrogen (secondary N) is 2. The minimum atomic E-state index is 0.192. The maximum absolute atomic E-state index is 5.75. The molecule has 2 rings (SSSR count). The third-order valence-corrected chi connectivity index (χ3v) is 3.82. The van der Waals surface area contributed by atoms with Crippen molar-refractivity contribution >= 4 is 0 Å². The molecule has 108 valence electrons. The van der Waals surface area contributed by atoms with Gasteiger partial charge >= 0.3 is 0 Å². The Hall–Kier alpha value is -0.800. The molecular formula is C16H28N2O. The van der Waals surface area contributed by atoms with Crippen molar-refractivity contribution < 1.29 is 4.42 Å². The first-order chi connectivity index (χ1) is 8.80. The Morgan fingerprint density at radius 1 is 1.16 bits per heavy atom. The Balaban J connectivity index is 1.91. The Kier molecular flexibility index (Phi) is 4.07. The number of furan rings is 1. The van der Waals surface area contributed by atoms with E-state index in [4.69, 9.17) is 4.42 Å². The van der Waals surface area contributed by atoms with E-state index in [-0.39, 0.29) is 11.1 Å². The van der Waals surface area contributed by atoms with Gasteiger partial charge in [0.15, 0.2) is 0 Å². The SMILES string of the molecule is CCc1ccc(CNC2CC(C)(C)NC(C)(C)C2)o1. The van der Waals surface area contributed by atoms with Crippen molar-refractivity contribution in [2.24, 2.45) is 0 Å². The molecule has 0 saturated carbocycles. The molecule has 0 amide bonds. The van der Waals surface area contributed by atoms with Crippen LogP contribution in [0.25, 0.3) is 0 Å². The molecule has 0 radical (unpaired) electrons. The van der Waals surface area contributed by atoms with Crippen molar-refractivity contribution in [3.05, 3.63) is 23.7 Å². The van der Waals surface area contributed by atoms with Gasteiger partial charge in [0, 0.05) is 23.5 Å². The maximum Gasteiger partial charge on any atom is 0.117 e. The van der Waals surface area contributed by atoms with Crippen molar-refractivity contribution in [2.45, 2.75) is 77.5 Å². The summed E-state index contributed by atoms with van der Waals surface area (Å²) in [5, 5.41) is 7.36. The van der Waals surface area contributed by atoms with E-state index in [9.17, 15) is 0 Å². The molecule has 2 heterocycles. The lowest BCUT2D eigenvalue weighted by atomic mass is 9.79. The molecule has 0 aliphatic carbocycles. The average molecular weight is 264 g/mol. The van der Waals surface area contributed by atoms with Crippen LogP contribution >= 0.6 is 0 Å². The van der Waals surface area contributed by atoms with E-state index in [0.717, 1.165) is 37.3 Å². The molecule has 1 fully saturated rings. The molecule has 1 aliphatic heterocycles. The summed E-state index contributed by atoms with van der Waals surface area (Å²) < 4.78 is 5.75. The standard InChI is InChI=1S/C16H28N2O/c1-6-13-7-8-14(19-13)11-17-12-9-15(2,3)18-16(4,5)10-12/h7-8,12,17-18H,6,9-11H2,1-5H3. The molecule has 1 aromatic rings. The van der Waals surface area contributed by atoms with Gasteiger partial charge in [-0.2, -0.15) is 0 Å². The van der Waals surface area contributed by atoms with E-state index >= 15 is 0 Å². The highest BCUT2D eigenvalue weighted by molar-refractivity contribution is 5.07. The van der Waals surface area contributed by atoms with Crippen molar-refractivity contribution in [3.8, 4) is 0 Å². The van der Waals surface area contributed by atoms with Crippen molar-refractivity contribution in [1.29, 1.82) is 0 Å². The number of hydrogen-bond donors (Lipinski definition) is 2. The number of hydrogen-bond acceptors (Lipinski definition) is 3. The molecule has 2 N–H and O–H groups in total. The molecular weight excluding hydrogens is 236 g/mol. The molecule has 3 nitrogen and oxygen atoms in total. The molecule has 1 aliphatic rings. The summed E-state index contributed by atoms with van der Waals surface area (Å²) in [7, 11) is 0. The summed E-state index contributed by atoms with van der Waals surface area (Å²) in [4.78, 5) is 0. The third kappa shape index (κ3) is 4.08. The summed E-state index contributed by atoms with van der Waals surface area (Å²) in [6, 6.07) is 4.71. The maximum atomic E-state index is 5.75. The van der Waals surface area contributed by atoms with Crippen LogP contribution in [-0.2, 0) is 13.0 Å². The van der Waals surface area contributed by atoms with Gasteiger partial charge in [-0.1, -0.05) is 6.92 Å². The van der Waals surface area contributed by atoms with Gasteiger partial charge in [-0.15, -0.1) is 0 Å². The van der Waals surface area contributed by atoms with Gasteiger partial charge in [0.2, 0.25) is 0 Å². The van der Waals surface area contributed by atoms with E-state index in [1.807, 2.05) is 0 Å². The predicted octanol–water partition coefficient (Wildman–Crippen LogP) is 3.24. The van der Waals surface area contributed by atoms with Crippen LogP contribution in [0, 0.1) is 0 Å². The zero-order valence-corrected chi connectivity index (χ0v) is 13.0. The van der Waals surface area contributed by atoms with Crippen molar-refractivity contribution in [2.75, 3.05) is 0 Å². The van der Waals surface area contributed by atoms with Crippen molar-refractivity contribution in [3.63, 3.8) is 0 Å². The van der Waals surface area contributed by atoms with Crippen LogP contribution in [0.15, 0.2) is 16.5 Å². The predicted molar refractivity (Wildman–Crippen MR) is 79.2 cm³/mol. The smallest absolute Gasteiger partial charge is 0.117 e. The molecule has 0 aromatic carbocycles. The zero-order chi connectivity index (χ0) is 14.1. The lowest BCUT2D eigenvalue weighted by Crippen LogP contribution is -2.61. The first-order valence-corrected chi connectivity index (χ1v) is 7.40. The summed E-state index contributed by atoms with van der Waals surface area (Å²) in [6.07, 6.45) is 3.27. The van der Waals surface area contributed by atoms with E-state index in [2.05, 4.69) is 57.4 Å². The number of aryl methyl sites for hydroxylation is 1. The Bertz CT molecular complexity index is 404. The summed E-state index contributed by atoms with van der Waals surface area (Å²) >= 11 is 0. The second kappa shape index (κ2) is 5.29. The van der Waals surface area contributed by atoms with Gasteiger partial charge < -0.3 is 15.1 Å². The highest BCUT2D eigenvalue weighted by Crippen LogP contribution is 2.28. The van der Waals surface area contributed by atoms with Crippen LogP contribution in [0.4, 0.5) is 0 Å². The second-order valence-electron chi connectivity index (χ2n) is 7.10. The molecule has 0 unspecified atom stereocenters. The molecule has 0 atom stereocenters. The fourth-order valence-corrected chi connectivity index (χ4v) is 3.42. The fourth-order valence-electron chi connectivity index (χ4n) is 3.42. The van der Waals surface area contributed by atoms with Crippen LogP contribution < -0.4 is 10.6 Å². The van der Waals surface area contributed by atoms with Gasteiger partial charge in [0.25, 0.3) is 0 Å². The summed E-state index contributed by atoms with van der Waals surface area (Å²) in [5.41, 5.74) is 0.383. The minimum absolute atomic E-state index is 0.192. The zero-order valence-electron chi connectivity index (χ0n) is 13.0. The topological polar surface area (TPSA) is 37.2 Å². The highest BCUT2D eigenvalue weighted by atomic mass is 16.3. The molecule has 19 heavy (non-hydrogen) atoms. The number of rotatable bonds is 4. The lowest BCUT2D eigenvalue weighted by Gasteiger charge is -2.46. The first kappa shape index (κ1) is 14.6. The largest absolute Gasteiger partial charge is 0.465 e. The van der Waals surface area contributed by atoms with Crippen LogP contribution in [0.1, 0.15) is 59.0 Å². The Morgan fingerprint density at radius 3 is 2.26 bits per heavy atom. The van der Waals surface area contributed by atoms with Gasteiger partial charge in [0.1, 0.15) is 11.5 Å². The molecule has 1 aromatic heterocycles. The van der Waals surface area contributed by atoms with E-state index < -0.39 is 0 Å². The lowest BCUT2D eigenvalue weighted by molar-refractivity contribution is 0.144. The van der Waals surface area contributed by atoms with Crippen LogP contribution in [0.3, 0.4) is 0 Å². The van der Waals surface area contributed by atoms with Crippen molar-refractivity contribution in [1.82, 2.24) is 10.6 Å². The van der Waals surface area contributed by atoms with Gasteiger partial charge in [-0.3, -0.25) is 0 Å². The van der Waals surface area contributed by atoms with Crippen LogP contribution in [0.5, 0.6) is 0 Å². The molecule has 1 saturated heterocycles. The van der Waals surface area contributed by atoms with E-state index in [1.54, 1.807) is 0 Å². The molecule has 0 spiro atoms. The number of piperidine rings is 1. The Morgan fingerprint density at radius 2 is 1.74 bits per heavy atom. The summed E-state index contributed by atoms with van der Waals surface area (Å²) in [5.74, 6) is 2.12. The fraction of sp³-hybridized carbons (Fsp3) is 0.750. The molecule has 0 bridgehead atoms. The molecule has 3 heteroatoms. The average Bonchev–Trinajstić information content (AvgIpc) is 2.70. The summed E-state index contributed by atoms with van der Waals surface area (Å²) in [6.45, 7) is 12.1. The normalized spacial score (nSPS) is 22.6. The monoisotopic (exact) mass is 264 g/mol.